The molecule has 0 aliphatic rings. The standard InChI is InChI=1S/C8H10NO.C2H4O2.Na/c1-9(2)7-4-3-5-8(10)6-7;1-2(3)4;/h3,5-6,10H,1-2H3;1H3,(H,3,4);. The van der Waals surface area contributed by atoms with Gasteiger partial charge in [0.05, 0.1) is 0 Å². The molecule has 0 amide bonds. The minimum atomic E-state index is -0.833. The Kier molecular flexibility index (Phi) is 6.40. The van der Waals surface area contributed by atoms with Crippen LogP contribution in [0.2, 0.25) is 0 Å². The number of carboxylic acid groups (broad SMARTS) is 1. The van der Waals surface area contributed by atoms with E-state index in [1.54, 1.807) is 12.1 Å². The van der Waals surface area contributed by atoms with Gasteiger partial charge in [0.2, 0.25) is 0 Å². The second-order valence-electron chi connectivity index (χ2n) is 3.38. The summed E-state index contributed by atoms with van der Waals surface area (Å²) in [5, 5.41) is 16.6. The van der Waals surface area contributed by atoms with Crippen molar-refractivity contribution >= 4 is 42.4 Å². The molecule has 15 heavy (non-hydrogen) atoms. The molecule has 4 nitrogen and oxygen atoms in total. The summed E-state index contributed by atoms with van der Waals surface area (Å²) in [6.07, 6.45) is 0. The van der Waals surface area contributed by atoms with Crippen molar-refractivity contribution in [2.75, 3.05) is 19.0 Å². The van der Waals surface area contributed by atoms with Gasteiger partial charge in [-0.2, -0.15) is 0 Å². The first-order valence-electron chi connectivity index (χ1n) is 4.51. The van der Waals surface area contributed by atoms with Gasteiger partial charge in [0.1, 0.15) is 0 Å². The summed E-state index contributed by atoms with van der Waals surface area (Å²) in [5.74, 6) is -0.492. The van der Waals surface area contributed by atoms with E-state index in [2.05, 4.69) is 0 Å². The number of phenolic OH excluding ortho intramolecular Hbond substituents is 1. The average Bonchev–Trinajstić information content (AvgIpc) is 2.08. The number of nitrogens with zero attached hydrogens (tertiary/aromatic N) is 1. The third kappa shape index (κ3) is 6.38. The van der Waals surface area contributed by atoms with E-state index < -0.39 is 5.97 Å². The van der Waals surface area contributed by atoms with Crippen molar-refractivity contribution in [3.63, 3.8) is 0 Å². The number of phenols is 1. The van der Waals surface area contributed by atoms with Gasteiger partial charge in [0, 0.05) is 6.92 Å². The number of benzene rings is 1. The molecule has 0 saturated carbocycles. The molecule has 1 rings (SSSR count). The van der Waals surface area contributed by atoms with Crippen LogP contribution in [0.5, 0.6) is 5.75 Å². The van der Waals surface area contributed by atoms with E-state index in [9.17, 15) is 5.11 Å². The molecule has 0 bridgehead atoms. The normalized spacial score (nSPS) is 8.87. The molecule has 2 N–H and O–H groups in total. The Morgan fingerprint density at radius 3 is 2.20 bits per heavy atom. The number of anilines is 1. The molecule has 5 heteroatoms. The second-order valence-corrected chi connectivity index (χ2v) is 4.46. The van der Waals surface area contributed by atoms with Crippen molar-refractivity contribution in [1.82, 2.24) is 0 Å². The van der Waals surface area contributed by atoms with Crippen LogP contribution in [0, 0.1) is 0 Å². The van der Waals surface area contributed by atoms with E-state index in [1.165, 1.54) is 2.81 Å². The number of hydrogen-bond donors (Lipinski definition) is 2. The van der Waals surface area contributed by atoms with Gasteiger partial charge < -0.3 is 5.11 Å². The van der Waals surface area contributed by atoms with Crippen LogP contribution in [-0.2, 0) is 4.79 Å². The zero-order valence-electron chi connectivity index (χ0n) is 9.48. The van der Waals surface area contributed by atoms with Crippen LogP contribution in [0.4, 0.5) is 5.69 Å². The number of carbonyl (C=O) groups is 1. The van der Waals surface area contributed by atoms with Gasteiger partial charge in [-0.15, -0.1) is 0 Å². The fourth-order valence-electron chi connectivity index (χ4n) is 1.08. The van der Waals surface area contributed by atoms with Crippen molar-refractivity contribution in [3.8, 4) is 5.75 Å². The number of hydrogen-bond acceptors (Lipinski definition) is 3. The van der Waals surface area contributed by atoms with E-state index >= 15 is 0 Å². The molecule has 0 unspecified atom stereocenters. The van der Waals surface area contributed by atoms with Crippen LogP contribution >= 0.6 is 0 Å². The maximum atomic E-state index is 9.18. The Hall–Kier alpha value is -0.710. The molecule has 0 aromatic heterocycles. The van der Waals surface area contributed by atoms with Crippen molar-refractivity contribution in [2.24, 2.45) is 0 Å². The molecule has 1 aromatic carbocycles. The Morgan fingerprint density at radius 1 is 1.40 bits per heavy atom. The third-order valence-corrected chi connectivity index (χ3v) is 2.52. The average molecular weight is 219 g/mol. The summed E-state index contributed by atoms with van der Waals surface area (Å²) in [4.78, 5) is 11.0. The minimum absolute atomic E-state index is 0.341. The fourth-order valence-corrected chi connectivity index (χ4v) is 1.84. The molecule has 0 aliphatic carbocycles. The number of rotatable bonds is 1. The SMILES string of the molecule is CC(=O)O.CN(C)c1cc(O)cc[c]1[Na]. The zero-order chi connectivity index (χ0) is 12.0. The molecule has 78 valence electrons. The molecule has 1 aromatic rings. The van der Waals surface area contributed by atoms with Gasteiger partial charge in [0.15, 0.2) is 0 Å². The summed E-state index contributed by atoms with van der Waals surface area (Å²) < 4.78 is 1.31. The van der Waals surface area contributed by atoms with Crippen LogP contribution in [0.15, 0.2) is 18.2 Å². The maximum absolute atomic E-state index is 9.18. The van der Waals surface area contributed by atoms with Gasteiger partial charge in [-0.25, -0.2) is 0 Å². The summed E-state index contributed by atoms with van der Waals surface area (Å²) in [7, 11) is 3.96. The van der Waals surface area contributed by atoms with E-state index in [-0.39, 0.29) is 0 Å². The van der Waals surface area contributed by atoms with Gasteiger partial charge in [-0.3, -0.25) is 4.79 Å². The summed E-state index contributed by atoms with van der Waals surface area (Å²) in [5.41, 5.74) is 1.12. The van der Waals surface area contributed by atoms with Crippen LogP contribution in [-0.4, -0.2) is 58.2 Å². The van der Waals surface area contributed by atoms with Crippen LogP contribution in [0.3, 0.4) is 0 Å². The van der Waals surface area contributed by atoms with Crippen LogP contribution in [0.1, 0.15) is 6.92 Å². The molecule has 0 fully saturated rings. The molecule has 0 saturated heterocycles. The van der Waals surface area contributed by atoms with Gasteiger partial charge in [0.25, 0.3) is 5.97 Å². The number of aromatic hydroxyl groups is 1. The molecular weight excluding hydrogens is 205 g/mol. The third-order valence-electron chi connectivity index (χ3n) is 1.67. The zero-order valence-corrected chi connectivity index (χ0v) is 11.5. The molecular formula is C10H14NNaO3. The summed E-state index contributed by atoms with van der Waals surface area (Å²) in [6, 6.07) is 5.49. The first-order valence-corrected chi connectivity index (χ1v) is 5.51. The molecule has 0 heterocycles. The number of aliphatic carboxylic acids is 1. The quantitative estimate of drug-likeness (QED) is 0.669. The second kappa shape index (κ2) is 6.71. The fraction of sp³-hybridized carbons (Fsp3) is 0.300. The predicted octanol–water partition coefficient (Wildman–Crippen LogP) is 0.343. The Bertz CT molecular complexity index is 335. The van der Waals surface area contributed by atoms with E-state index in [1.807, 2.05) is 25.1 Å². The Balaban J connectivity index is 0.000000423. The Morgan fingerprint density at radius 2 is 1.87 bits per heavy atom. The first-order chi connectivity index (χ1) is 6.84. The first kappa shape index (κ1) is 14.3. The van der Waals surface area contributed by atoms with Crippen LogP contribution < -0.4 is 7.71 Å². The Labute approximate surface area is 107 Å². The van der Waals surface area contributed by atoms with Gasteiger partial charge in [-0.05, 0) is 0 Å². The van der Waals surface area contributed by atoms with Gasteiger partial charge in [-0.1, -0.05) is 0 Å². The molecule has 0 atom stereocenters. The van der Waals surface area contributed by atoms with Crippen molar-refractivity contribution in [1.29, 1.82) is 0 Å². The number of carboxylic acids is 1. The molecule has 0 aliphatic heterocycles. The van der Waals surface area contributed by atoms with Gasteiger partial charge >= 0.3 is 84.5 Å². The summed E-state index contributed by atoms with van der Waals surface area (Å²) >= 11 is 1.02. The van der Waals surface area contributed by atoms with E-state index in [4.69, 9.17) is 9.90 Å². The van der Waals surface area contributed by atoms with E-state index in [0.717, 1.165) is 40.5 Å². The van der Waals surface area contributed by atoms with Crippen LogP contribution in [0.25, 0.3) is 0 Å². The predicted molar refractivity (Wildman–Crippen MR) is 61.1 cm³/mol. The molecule has 0 radical (unpaired) electrons. The van der Waals surface area contributed by atoms with Crippen molar-refractivity contribution < 1.29 is 15.0 Å². The summed E-state index contributed by atoms with van der Waals surface area (Å²) in [6.45, 7) is 1.08. The van der Waals surface area contributed by atoms with Crippen molar-refractivity contribution in [2.45, 2.75) is 6.92 Å². The monoisotopic (exact) mass is 219 g/mol. The molecule has 0 spiro atoms. The van der Waals surface area contributed by atoms with Crippen molar-refractivity contribution in [3.05, 3.63) is 18.2 Å². The van der Waals surface area contributed by atoms with E-state index in [0.29, 0.717) is 5.75 Å². The topological polar surface area (TPSA) is 60.8 Å².